The number of nitrogens with zero attached hydrogens (tertiary/aromatic N) is 3. The molecule has 1 aliphatic rings. The van der Waals surface area contributed by atoms with Crippen molar-refractivity contribution >= 4 is 38.7 Å². The molecule has 1 saturated heterocycles. The molecule has 0 unspecified atom stereocenters. The lowest BCUT2D eigenvalue weighted by molar-refractivity contribution is -0.384. The van der Waals surface area contributed by atoms with Gasteiger partial charge in [-0.05, 0) is 36.2 Å². The second-order valence-electron chi connectivity index (χ2n) is 6.48. The number of hydrogen-bond acceptors (Lipinski definition) is 7. The molecule has 2 aromatic carbocycles. The van der Waals surface area contributed by atoms with Crippen LogP contribution in [0.25, 0.3) is 0 Å². The second-order valence-corrected chi connectivity index (χ2v) is 8.86. The van der Waals surface area contributed by atoms with Crippen LogP contribution in [-0.4, -0.2) is 49.7 Å². The summed E-state index contributed by atoms with van der Waals surface area (Å²) in [7, 11) is -3.85. The molecule has 0 aliphatic carbocycles. The Morgan fingerprint density at radius 2 is 1.90 bits per heavy atom. The molecule has 9 nitrogen and oxygen atoms in total. The Kier molecular flexibility index (Phi) is 7.03. The summed E-state index contributed by atoms with van der Waals surface area (Å²) in [5, 5.41) is 16.4. The highest BCUT2D eigenvalue weighted by Gasteiger charge is 2.28. The number of halogens is 1. The number of hydrazone groups is 1. The Labute approximate surface area is 179 Å². The fourth-order valence-electron chi connectivity index (χ4n) is 2.97. The van der Waals surface area contributed by atoms with Crippen LogP contribution in [0.1, 0.15) is 18.9 Å². The van der Waals surface area contributed by atoms with E-state index in [2.05, 4.69) is 10.5 Å². The van der Waals surface area contributed by atoms with Crippen LogP contribution in [0, 0.1) is 10.1 Å². The van der Waals surface area contributed by atoms with Crippen molar-refractivity contribution in [3.05, 3.63) is 63.2 Å². The molecule has 0 bridgehead atoms. The van der Waals surface area contributed by atoms with E-state index >= 15 is 0 Å². The monoisotopic (exact) mass is 452 g/mol. The summed E-state index contributed by atoms with van der Waals surface area (Å²) in [6, 6.07) is 10.8. The van der Waals surface area contributed by atoms with E-state index in [0.717, 1.165) is 11.6 Å². The molecule has 0 saturated carbocycles. The summed E-state index contributed by atoms with van der Waals surface area (Å²) in [5.74, 6) is 0. The highest BCUT2D eigenvalue weighted by atomic mass is 35.5. The zero-order valence-electron chi connectivity index (χ0n) is 16.2. The topological polar surface area (TPSA) is 114 Å². The molecule has 3 rings (SSSR count). The number of nitro benzene ring substituents is 1. The number of hydrogen-bond donors (Lipinski definition) is 1. The molecule has 0 amide bonds. The maximum Gasteiger partial charge on any atom is 0.295 e. The van der Waals surface area contributed by atoms with Gasteiger partial charge in [0.05, 0.1) is 28.7 Å². The Morgan fingerprint density at radius 3 is 2.50 bits per heavy atom. The molecule has 1 N–H and O–H groups in total. The predicted octanol–water partition coefficient (Wildman–Crippen LogP) is 3.50. The fourth-order valence-corrected chi connectivity index (χ4v) is 4.53. The molecule has 30 heavy (non-hydrogen) atoms. The number of nitro groups is 1. The number of nitrogens with one attached hydrogen (secondary N) is 1. The Bertz CT molecular complexity index is 1050. The summed E-state index contributed by atoms with van der Waals surface area (Å²) < 4.78 is 32.0. The first kappa shape index (κ1) is 22.2. The lowest BCUT2D eigenvalue weighted by Gasteiger charge is -2.26. The first-order chi connectivity index (χ1) is 14.3. The average Bonchev–Trinajstić information content (AvgIpc) is 2.75. The van der Waals surface area contributed by atoms with Crippen molar-refractivity contribution in [3.8, 4) is 0 Å². The zero-order valence-corrected chi connectivity index (χ0v) is 17.8. The maximum atomic E-state index is 12.8. The van der Waals surface area contributed by atoms with E-state index in [0.29, 0.717) is 30.4 Å². The van der Waals surface area contributed by atoms with Gasteiger partial charge in [0.15, 0.2) is 0 Å². The van der Waals surface area contributed by atoms with E-state index < -0.39 is 14.9 Å². The van der Waals surface area contributed by atoms with Crippen LogP contribution in [-0.2, 0) is 14.8 Å². The fraction of sp³-hybridized carbons (Fsp3) is 0.316. The number of ether oxygens (including phenoxy) is 1. The van der Waals surface area contributed by atoms with Crippen LogP contribution in [0.3, 0.4) is 0 Å². The van der Waals surface area contributed by atoms with Crippen LogP contribution in [0.15, 0.2) is 52.5 Å². The van der Waals surface area contributed by atoms with Crippen LogP contribution in [0.4, 0.5) is 11.4 Å². The predicted molar refractivity (Wildman–Crippen MR) is 115 cm³/mol. The molecule has 160 valence electrons. The van der Waals surface area contributed by atoms with Crippen molar-refractivity contribution in [3.63, 3.8) is 0 Å². The normalized spacial score (nSPS) is 15.7. The van der Waals surface area contributed by atoms with Crippen LogP contribution in [0.2, 0.25) is 5.02 Å². The van der Waals surface area contributed by atoms with Gasteiger partial charge < -0.3 is 4.74 Å². The molecular weight excluding hydrogens is 432 g/mol. The summed E-state index contributed by atoms with van der Waals surface area (Å²) in [6.45, 7) is 2.91. The lowest BCUT2D eigenvalue weighted by atomic mass is 10.1. The third kappa shape index (κ3) is 4.96. The zero-order chi connectivity index (χ0) is 21.7. The van der Waals surface area contributed by atoms with Gasteiger partial charge in [-0.2, -0.15) is 9.41 Å². The van der Waals surface area contributed by atoms with Crippen molar-refractivity contribution < 1.29 is 18.1 Å². The molecule has 0 aromatic heterocycles. The van der Waals surface area contributed by atoms with Gasteiger partial charge >= 0.3 is 0 Å². The molecule has 0 atom stereocenters. The van der Waals surface area contributed by atoms with Gasteiger partial charge in [0, 0.05) is 24.2 Å². The van der Waals surface area contributed by atoms with Crippen molar-refractivity contribution in [1.29, 1.82) is 0 Å². The SMILES string of the molecule is CCC(=NNc1ccc(S(=O)(=O)N2CCOCC2)cc1[N+](=O)[O-])c1ccc(Cl)cc1. The largest absolute Gasteiger partial charge is 0.379 e. The van der Waals surface area contributed by atoms with Gasteiger partial charge in [-0.25, -0.2) is 8.42 Å². The number of rotatable bonds is 7. The molecule has 1 aliphatic heterocycles. The third-order valence-electron chi connectivity index (χ3n) is 4.60. The quantitative estimate of drug-likeness (QED) is 0.390. The van der Waals surface area contributed by atoms with Gasteiger partial charge in [0.2, 0.25) is 10.0 Å². The van der Waals surface area contributed by atoms with E-state index in [9.17, 15) is 18.5 Å². The van der Waals surface area contributed by atoms with Gasteiger partial charge in [0.25, 0.3) is 5.69 Å². The van der Waals surface area contributed by atoms with E-state index in [-0.39, 0.29) is 29.4 Å². The van der Waals surface area contributed by atoms with Crippen LogP contribution >= 0.6 is 11.6 Å². The molecule has 2 aromatic rings. The molecule has 1 heterocycles. The van der Waals surface area contributed by atoms with Crippen LogP contribution < -0.4 is 5.43 Å². The van der Waals surface area contributed by atoms with Gasteiger partial charge in [-0.15, -0.1) is 0 Å². The van der Waals surface area contributed by atoms with E-state index in [1.165, 1.54) is 16.4 Å². The summed E-state index contributed by atoms with van der Waals surface area (Å²) in [6.07, 6.45) is 0.575. The Hall–Kier alpha value is -2.53. The number of morpholine rings is 1. The minimum absolute atomic E-state index is 0.0980. The minimum atomic E-state index is -3.85. The Morgan fingerprint density at radius 1 is 1.23 bits per heavy atom. The minimum Gasteiger partial charge on any atom is -0.379 e. The summed E-state index contributed by atoms with van der Waals surface area (Å²) >= 11 is 5.91. The number of benzene rings is 2. The maximum absolute atomic E-state index is 12.8. The van der Waals surface area contributed by atoms with Crippen molar-refractivity contribution in [2.75, 3.05) is 31.7 Å². The van der Waals surface area contributed by atoms with Crippen molar-refractivity contribution in [1.82, 2.24) is 4.31 Å². The van der Waals surface area contributed by atoms with E-state index in [1.807, 2.05) is 6.92 Å². The standard InChI is InChI=1S/C19H21ClN4O5S/c1-2-17(14-3-5-15(20)6-4-14)21-22-18-8-7-16(13-19(18)24(25)26)30(27,28)23-9-11-29-12-10-23/h3-8,13,22H,2,9-12H2,1H3. The van der Waals surface area contributed by atoms with Gasteiger partial charge in [-0.1, -0.05) is 30.7 Å². The highest BCUT2D eigenvalue weighted by molar-refractivity contribution is 7.89. The second kappa shape index (κ2) is 9.52. The van der Waals surface area contributed by atoms with Crippen molar-refractivity contribution in [2.24, 2.45) is 5.10 Å². The van der Waals surface area contributed by atoms with Crippen molar-refractivity contribution in [2.45, 2.75) is 18.2 Å². The third-order valence-corrected chi connectivity index (χ3v) is 6.74. The lowest BCUT2D eigenvalue weighted by Crippen LogP contribution is -2.40. The van der Waals surface area contributed by atoms with E-state index in [1.54, 1.807) is 24.3 Å². The van der Waals surface area contributed by atoms with Crippen LogP contribution in [0.5, 0.6) is 0 Å². The summed E-state index contributed by atoms with van der Waals surface area (Å²) in [5.41, 5.74) is 3.92. The number of sulfonamides is 1. The van der Waals surface area contributed by atoms with Gasteiger partial charge in [-0.3, -0.25) is 15.5 Å². The van der Waals surface area contributed by atoms with E-state index in [4.69, 9.17) is 16.3 Å². The molecule has 0 radical (unpaired) electrons. The Balaban J connectivity index is 1.90. The molecular formula is C19H21ClN4O5S. The molecule has 0 spiro atoms. The molecule has 1 fully saturated rings. The average molecular weight is 453 g/mol. The smallest absolute Gasteiger partial charge is 0.295 e. The van der Waals surface area contributed by atoms with Gasteiger partial charge in [0.1, 0.15) is 5.69 Å². The first-order valence-electron chi connectivity index (χ1n) is 9.27. The highest BCUT2D eigenvalue weighted by Crippen LogP contribution is 2.29. The first-order valence-corrected chi connectivity index (χ1v) is 11.1. The molecule has 11 heteroatoms. The summed E-state index contributed by atoms with van der Waals surface area (Å²) in [4.78, 5) is 10.8. The number of anilines is 1.